The average Bonchev–Trinajstić information content (AvgIpc) is 2.74. The number of amides is 1. The second kappa shape index (κ2) is 3.48. The highest BCUT2D eigenvalue weighted by molar-refractivity contribution is 6.21. The summed E-state index contributed by atoms with van der Waals surface area (Å²) in [5.74, 6) is -0.111. The second-order valence-electron chi connectivity index (χ2n) is 4.50. The lowest BCUT2D eigenvalue weighted by molar-refractivity contribution is 0.0772. The number of rotatable bonds is 1. The highest BCUT2D eigenvalue weighted by Crippen LogP contribution is 2.33. The number of H-pyrrole nitrogens is 1. The van der Waals surface area contributed by atoms with Gasteiger partial charge < -0.3 is 4.90 Å². The molecule has 1 atom stereocenters. The molecule has 1 amide bonds. The molecule has 0 aromatic carbocycles. The molecule has 0 aliphatic carbocycles. The van der Waals surface area contributed by atoms with Crippen molar-refractivity contribution in [3.05, 3.63) is 11.9 Å². The van der Waals surface area contributed by atoms with E-state index in [1.54, 1.807) is 4.90 Å². The van der Waals surface area contributed by atoms with Gasteiger partial charge in [0.1, 0.15) is 0 Å². The van der Waals surface area contributed by atoms with Gasteiger partial charge in [-0.05, 0) is 0 Å². The number of carbonyl (C=O) groups is 1. The fourth-order valence-corrected chi connectivity index (χ4v) is 1.95. The molecule has 1 saturated heterocycles. The summed E-state index contributed by atoms with van der Waals surface area (Å²) in [6.07, 6.45) is 1.43. The van der Waals surface area contributed by atoms with Crippen LogP contribution in [0.2, 0.25) is 0 Å². The molecule has 1 aromatic rings. The van der Waals surface area contributed by atoms with Crippen molar-refractivity contribution in [2.75, 3.05) is 13.1 Å². The first-order valence-electron chi connectivity index (χ1n) is 4.80. The summed E-state index contributed by atoms with van der Waals surface area (Å²) in [4.78, 5) is 13.6. The minimum absolute atomic E-state index is 0.00616. The molecule has 1 aliphatic heterocycles. The van der Waals surface area contributed by atoms with Crippen LogP contribution in [0.5, 0.6) is 0 Å². The molecular weight excluding hydrogens is 216 g/mol. The van der Waals surface area contributed by atoms with Crippen molar-refractivity contribution in [1.82, 2.24) is 20.3 Å². The molecule has 2 rings (SSSR count). The Morgan fingerprint density at radius 3 is 2.93 bits per heavy atom. The number of alkyl halides is 1. The Kier molecular flexibility index (Phi) is 2.42. The Labute approximate surface area is 92.8 Å². The molecule has 1 N–H and O–H groups in total. The number of hydrogen-bond acceptors (Lipinski definition) is 3. The van der Waals surface area contributed by atoms with Crippen LogP contribution in [0, 0.1) is 5.41 Å². The predicted octanol–water partition coefficient (Wildman–Crippen LogP) is 0.894. The Morgan fingerprint density at radius 1 is 1.73 bits per heavy atom. The quantitative estimate of drug-likeness (QED) is 0.727. The predicted molar refractivity (Wildman–Crippen MR) is 55.7 cm³/mol. The lowest BCUT2D eigenvalue weighted by Gasteiger charge is -2.20. The molecule has 0 spiro atoms. The zero-order valence-corrected chi connectivity index (χ0v) is 9.45. The van der Waals surface area contributed by atoms with E-state index >= 15 is 0 Å². The average molecular weight is 229 g/mol. The first-order valence-corrected chi connectivity index (χ1v) is 5.23. The number of carbonyl (C=O) groups excluding carboxylic acids is 1. The standard InChI is InChI=1S/C9H13ClN4O/c1-9(2)5-14(4-7(9)10)8(15)6-3-11-13-12-6/h3,7H,4-5H2,1-2H3,(H,11,12,13). The molecule has 1 aromatic heterocycles. The summed E-state index contributed by atoms with van der Waals surface area (Å²) >= 11 is 6.17. The Hall–Kier alpha value is -1.10. The van der Waals surface area contributed by atoms with Crippen molar-refractivity contribution in [3.8, 4) is 0 Å². The molecule has 6 heteroatoms. The van der Waals surface area contributed by atoms with E-state index in [-0.39, 0.29) is 16.7 Å². The third kappa shape index (κ3) is 1.84. The van der Waals surface area contributed by atoms with E-state index in [0.717, 1.165) is 0 Å². The smallest absolute Gasteiger partial charge is 0.276 e. The van der Waals surface area contributed by atoms with Crippen LogP contribution < -0.4 is 0 Å². The van der Waals surface area contributed by atoms with Gasteiger partial charge in [0.25, 0.3) is 5.91 Å². The van der Waals surface area contributed by atoms with E-state index < -0.39 is 0 Å². The molecule has 2 heterocycles. The van der Waals surface area contributed by atoms with Crippen LogP contribution in [0.15, 0.2) is 6.20 Å². The van der Waals surface area contributed by atoms with E-state index in [0.29, 0.717) is 18.8 Å². The van der Waals surface area contributed by atoms with Gasteiger partial charge in [0.2, 0.25) is 0 Å². The maximum atomic E-state index is 11.9. The van der Waals surface area contributed by atoms with Gasteiger partial charge >= 0.3 is 0 Å². The molecule has 82 valence electrons. The monoisotopic (exact) mass is 228 g/mol. The fourth-order valence-electron chi connectivity index (χ4n) is 1.72. The molecule has 0 saturated carbocycles. The first-order chi connectivity index (χ1) is 7.00. The van der Waals surface area contributed by atoms with E-state index in [1.165, 1.54) is 6.20 Å². The molecule has 1 unspecified atom stereocenters. The summed E-state index contributed by atoms with van der Waals surface area (Å²) < 4.78 is 0. The number of likely N-dealkylation sites (tertiary alicyclic amines) is 1. The Bertz CT molecular complexity index is 362. The van der Waals surface area contributed by atoms with Crippen molar-refractivity contribution in [2.45, 2.75) is 19.2 Å². The highest BCUT2D eigenvalue weighted by atomic mass is 35.5. The van der Waals surface area contributed by atoms with Gasteiger partial charge in [0.15, 0.2) is 5.69 Å². The lowest BCUT2D eigenvalue weighted by Crippen LogP contribution is -2.30. The van der Waals surface area contributed by atoms with Gasteiger partial charge in [0.05, 0.1) is 11.6 Å². The minimum Gasteiger partial charge on any atom is -0.335 e. The van der Waals surface area contributed by atoms with Crippen LogP contribution in [0.1, 0.15) is 24.3 Å². The molecule has 15 heavy (non-hydrogen) atoms. The highest BCUT2D eigenvalue weighted by Gasteiger charge is 2.40. The number of nitrogens with zero attached hydrogens (tertiary/aromatic N) is 3. The van der Waals surface area contributed by atoms with E-state index in [4.69, 9.17) is 11.6 Å². The maximum Gasteiger partial charge on any atom is 0.276 e. The first kappa shape index (κ1) is 10.4. The van der Waals surface area contributed by atoms with E-state index in [2.05, 4.69) is 29.3 Å². The fraction of sp³-hybridized carbons (Fsp3) is 0.667. The van der Waals surface area contributed by atoms with Crippen molar-refractivity contribution < 1.29 is 4.79 Å². The van der Waals surface area contributed by atoms with Gasteiger partial charge in [-0.3, -0.25) is 4.79 Å². The van der Waals surface area contributed by atoms with Gasteiger partial charge in [-0.2, -0.15) is 15.4 Å². The summed E-state index contributed by atoms with van der Waals surface area (Å²) in [7, 11) is 0. The van der Waals surface area contributed by atoms with Crippen LogP contribution in [0.4, 0.5) is 0 Å². The third-order valence-electron chi connectivity index (χ3n) is 2.75. The van der Waals surface area contributed by atoms with Crippen LogP contribution in [-0.4, -0.2) is 44.7 Å². The van der Waals surface area contributed by atoms with Gasteiger partial charge in [-0.1, -0.05) is 13.8 Å². The molecule has 1 aliphatic rings. The largest absolute Gasteiger partial charge is 0.335 e. The van der Waals surface area contributed by atoms with Crippen LogP contribution in [0.25, 0.3) is 0 Å². The summed E-state index contributed by atoms with van der Waals surface area (Å²) in [6.45, 7) is 5.34. The summed E-state index contributed by atoms with van der Waals surface area (Å²) in [5, 5.41) is 9.80. The normalized spacial score (nSPS) is 24.5. The molecular formula is C9H13ClN4O. The van der Waals surface area contributed by atoms with Gasteiger partial charge in [-0.15, -0.1) is 11.6 Å². The summed E-state index contributed by atoms with van der Waals surface area (Å²) in [6, 6.07) is 0. The van der Waals surface area contributed by atoms with Crippen LogP contribution in [0.3, 0.4) is 0 Å². The maximum absolute atomic E-state index is 11.9. The van der Waals surface area contributed by atoms with Gasteiger partial charge in [0, 0.05) is 18.5 Å². The number of aromatic amines is 1. The number of halogens is 1. The minimum atomic E-state index is -0.111. The number of nitrogens with one attached hydrogen (secondary N) is 1. The Morgan fingerprint density at radius 2 is 2.47 bits per heavy atom. The second-order valence-corrected chi connectivity index (χ2v) is 5.02. The number of aromatic nitrogens is 3. The number of hydrogen-bond donors (Lipinski definition) is 1. The van der Waals surface area contributed by atoms with E-state index in [1.807, 2.05) is 0 Å². The van der Waals surface area contributed by atoms with Crippen molar-refractivity contribution in [3.63, 3.8) is 0 Å². The van der Waals surface area contributed by atoms with E-state index in [9.17, 15) is 4.79 Å². The molecule has 5 nitrogen and oxygen atoms in total. The lowest BCUT2D eigenvalue weighted by atomic mass is 9.92. The SMILES string of the molecule is CC1(C)CN(C(=O)c2cn[nH]n2)CC1Cl. The topological polar surface area (TPSA) is 61.9 Å². The molecule has 0 radical (unpaired) electrons. The van der Waals surface area contributed by atoms with Crippen LogP contribution in [-0.2, 0) is 0 Å². The zero-order chi connectivity index (χ0) is 11.1. The molecule has 1 fully saturated rings. The zero-order valence-electron chi connectivity index (χ0n) is 8.70. The van der Waals surface area contributed by atoms with Crippen molar-refractivity contribution >= 4 is 17.5 Å². The van der Waals surface area contributed by atoms with Crippen molar-refractivity contribution in [1.29, 1.82) is 0 Å². The summed E-state index contributed by atoms with van der Waals surface area (Å²) in [5.41, 5.74) is 0.303. The van der Waals surface area contributed by atoms with Crippen molar-refractivity contribution in [2.24, 2.45) is 5.41 Å². The van der Waals surface area contributed by atoms with Crippen LogP contribution >= 0.6 is 11.6 Å². The Balaban J connectivity index is 2.12. The molecule has 0 bridgehead atoms. The van der Waals surface area contributed by atoms with Gasteiger partial charge in [-0.25, -0.2) is 0 Å². The third-order valence-corrected chi connectivity index (χ3v) is 3.48.